The van der Waals surface area contributed by atoms with E-state index in [1.165, 1.54) is 15.0 Å². The Kier molecular flexibility index (Phi) is 3.66. The van der Waals surface area contributed by atoms with E-state index in [0.717, 1.165) is 11.3 Å². The van der Waals surface area contributed by atoms with Crippen molar-refractivity contribution < 1.29 is 0 Å². The monoisotopic (exact) mass is 279 g/mol. The Morgan fingerprint density at radius 2 is 1.90 bits per heavy atom. The Morgan fingerprint density at radius 1 is 1.05 bits per heavy atom. The highest BCUT2D eigenvalue weighted by molar-refractivity contribution is 7.19. The molecular weight excluding hydrogens is 262 g/mol. The highest BCUT2D eigenvalue weighted by Gasteiger charge is 2.00. The maximum atomic E-state index is 4.49. The van der Waals surface area contributed by atoms with E-state index in [4.69, 9.17) is 0 Å². The molecule has 0 spiro atoms. The predicted molar refractivity (Wildman–Crippen MR) is 89.1 cm³/mol. The topological polar surface area (TPSA) is 12.9 Å². The number of rotatable bonds is 3. The van der Waals surface area contributed by atoms with Crippen LogP contribution in [-0.2, 0) is 0 Å². The number of hydrogen-bond acceptors (Lipinski definition) is 2. The van der Waals surface area contributed by atoms with E-state index in [2.05, 4.69) is 73.4 Å². The fraction of sp³-hybridized carbons (Fsp3) is 0.167. The second kappa shape index (κ2) is 5.59. The van der Waals surface area contributed by atoms with Gasteiger partial charge in [0, 0.05) is 21.5 Å². The number of nitrogens with zero attached hydrogens (tertiary/aromatic N) is 1. The van der Waals surface area contributed by atoms with Gasteiger partial charge in [-0.2, -0.15) is 0 Å². The third-order valence-corrected chi connectivity index (χ3v) is 4.37. The van der Waals surface area contributed by atoms with E-state index in [0.29, 0.717) is 5.92 Å². The SMILES string of the molecule is CC(C)c1ccc(/C=C/c2cc3ccccc3s2)cn1. The van der Waals surface area contributed by atoms with Gasteiger partial charge < -0.3 is 0 Å². The number of aromatic nitrogens is 1. The molecule has 0 atom stereocenters. The summed E-state index contributed by atoms with van der Waals surface area (Å²) in [5, 5.41) is 1.31. The van der Waals surface area contributed by atoms with Crippen LogP contribution in [0.15, 0.2) is 48.7 Å². The van der Waals surface area contributed by atoms with Crippen molar-refractivity contribution in [1.82, 2.24) is 4.98 Å². The van der Waals surface area contributed by atoms with Gasteiger partial charge >= 0.3 is 0 Å². The van der Waals surface area contributed by atoms with Crippen LogP contribution >= 0.6 is 11.3 Å². The molecule has 0 saturated carbocycles. The summed E-state index contributed by atoms with van der Waals surface area (Å²) in [5.74, 6) is 0.482. The Bertz CT molecular complexity index is 702. The third kappa shape index (κ3) is 2.81. The molecule has 0 N–H and O–H groups in total. The normalized spacial score (nSPS) is 11.8. The van der Waals surface area contributed by atoms with E-state index in [9.17, 15) is 0 Å². The quantitative estimate of drug-likeness (QED) is 0.609. The third-order valence-electron chi connectivity index (χ3n) is 3.29. The van der Waals surface area contributed by atoms with Crippen molar-refractivity contribution in [1.29, 1.82) is 0 Å². The smallest absolute Gasteiger partial charge is 0.0429 e. The number of pyridine rings is 1. The van der Waals surface area contributed by atoms with E-state index in [1.807, 2.05) is 17.5 Å². The second-order valence-corrected chi connectivity index (χ2v) is 6.31. The second-order valence-electron chi connectivity index (χ2n) is 5.19. The molecule has 0 saturated heterocycles. The Balaban J connectivity index is 1.82. The van der Waals surface area contributed by atoms with Crippen LogP contribution in [0.4, 0.5) is 0 Å². The van der Waals surface area contributed by atoms with Gasteiger partial charge in [-0.3, -0.25) is 4.98 Å². The number of fused-ring (bicyclic) bond motifs is 1. The van der Waals surface area contributed by atoms with Crippen molar-refractivity contribution in [3.63, 3.8) is 0 Å². The van der Waals surface area contributed by atoms with Crippen molar-refractivity contribution in [2.24, 2.45) is 0 Å². The molecule has 0 unspecified atom stereocenters. The van der Waals surface area contributed by atoms with E-state index in [1.54, 1.807) is 0 Å². The van der Waals surface area contributed by atoms with Crippen molar-refractivity contribution in [2.75, 3.05) is 0 Å². The molecular formula is C18H17NS. The molecule has 2 heterocycles. The average molecular weight is 279 g/mol. The first-order chi connectivity index (χ1) is 9.72. The first-order valence-electron chi connectivity index (χ1n) is 6.85. The molecule has 2 heteroatoms. The molecule has 0 aliphatic carbocycles. The molecule has 0 fully saturated rings. The standard InChI is InChI=1S/C18H17NS/c1-13(2)17-10-8-14(12-19-17)7-9-16-11-15-5-3-4-6-18(15)20-16/h3-13H,1-2H3/b9-7+. The summed E-state index contributed by atoms with van der Waals surface area (Å²) in [5.41, 5.74) is 2.29. The minimum atomic E-state index is 0.482. The van der Waals surface area contributed by atoms with Gasteiger partial charge in [-0.1, -0.05) is 44.2 Å². The van der Waals surface area contributed by atoms with Crippen LogP contribution in [0.3, 0.4) is 0 Å². The molecule has 0 aliphatic rings. The minimum Gasteiger partial charge on any atom is -0.260 e. The van der Waals surface area contributed by atoms with Gasteiger partial charge in [-0.25, -0.2) is 0 Å². The van der Waals surface area contributed by atoms with Crippen LogP contribution in [0.1, 0.15) is 35.9 Å². The molecule has 1 nitrogen and oxygen atoms in total. The molecule has 20 heavy (non-hydrogen) atoms. The van der Waals surface area contributed by atoms with Crippen LogP contribution in [0.25, 0.3) is 22.2 Å². The Morgan fingerprint density at radius 3 is 2.60 bits per heavy atom. The first-order valence-corrected chi connectivity index (χ1v) is 7.66. The summed E-state index contributed by atoms with van der Waals surface area (Å²) in [6, 6.07) is 14.9. The first kappa shape index (κ1) is 13.1. The fourth-order valence-corrected chi connectivity index (χ4v) is 3.09. The van der Waals surface area contributed by atoms with Crippen LogP contribution < -0.4 is 0 Å². The summed E-state index contributed by atoms with van der Waals surface area (Å²) in [4.78, 5) is 5.76. The number of hydrogen-bond donors (Lipinski definition) is 0. The predicted octanol–water partition coefficient (Wildman–Crippen LogP) is 5.59. The summed E-state index contributed by atoms with van der Waals surface area (Å²) in [6.45, 7) is 4.32. The molecule has 2 aromatic heterocycles. The van der Waals surface area contributed by atoms with Gasteiger partial charge in [0.05, 0.1) is 0 Å². The molecule has 3 aromatic rings. The Hall–Kier alpha value is -1.93. The molecule has 0 radical (unpaired) electrons. The zero-order valence-corrected chi connectivity index (χ0v) is 12.5. The van der Waals surface area contributed by atoms with Crippen molar-refractivity contribution in [3.05, 3.63) is 64.8 Å². The van der Waals surface area contributed by atoms with Crippen LogP contribution in [0.5, 0.6) is 0 Å². The van der Waals surface area contributed by atoms with Crippen molar-refractivity contribution in [2.45, 2.75) is 19.8 Å². The fourth-order valence-electron chi connectivity index (χ4n) is 2.12. The minimum absolute atomic E-state index is 0.482. The van der Waals surface area contributed by atoms with Gasteiger partial charge in [0.25, 0.3) is 0 Å². The highest BCUT2D eigenvalue weighted by atomic mass is 32.1. The average Bonchev–Trinajstić information content (AvgIpc) is 2.88. The van der Waals surface area contributed by atoms with Gasteiger partial charge in [0.2, 0.25) is 0 Å². The lowest BCUT2D eigenvalue weighted by Gasteiger charge is -2.03. The zero-order chi connectivity index (χ0) is 13.9. The lowest BCUT2D eigenvalue weighted by Crippen LogP contribution is -1.91. The largest absolute Gasteiger partial charge is 0.260 e. The molecule has 0 aliphatic heterocycles. The van der Waals surface area contributed by atoms with Gasteiger partial charge in [0.1, 0.15) is 0 Å². The summed E-state index contributed by atoms with van der Waals surface area (Å²) in [6.07, 6.45) is 6.23. The van der Waals surface area contributed by atoms with Crippen molar-refractivity contribution in [3.8, 4) is 0 Å². The molecule has 0 bridgehead atoms. The maximum absolute atomic E-state index is 4.49. The van der Waals surface area contributed by atoms with Crippen LogP contribution in [0, 0.1) is 0 Å². The molecule has 3 rings (SSSR count). The van der Waals surface area contributed by atoms with Gasteiger partial charge in [-0.15, -0.1) is 11.3 Å². The molecule has 0 amide bonds. The highest BCUT2D eigenvalue weighted by Crippen LogP contribution is 2.26. The lowest BCUT2D eigenvalue weighted by molar-refractivity contribution is 0.822. The van der Waals surface area contributed by atoms with Gasteiger partial charge in [0.15, 0.2) is 0 Å². The number of thiophene rings is 1. The van der Waals surface area contributed by atoms with Crippen molar-refractivity contribution >= 4 is 33.6 Å². The summed E-state index contributed by atoms with van der Waals surface area (Å²) < 4.78 is 1.33. The Labute approximate surface area is 123 Å². The summed E-state index contributed by atoms with van der Waals surface area (Å²) >= 11 is 1.82. The molecule has 100 valence electrons. The van der Waals surface area contributed by atoms with Crippen LogP contribution in [-0.4, -0.2) is 4.98 Å². The number of benzene rings is 1. The molecule has 1 aromatic carbocycles. The van der Waals surface area contributed by atoms with E-state index < -0.39 is 0 Å². The van der Waals surface area contributed by atoms with E-state index >= 15 is 0 Å². The van der Waals surface area contributed by atoms with Crippen LogP contribution in [0.2, 0.25) is 0 Å². The van der Waals surface area contributed by atoms with Gasteiger partial charge in [-0.05, 0) is 41.1 Å². The zero-order valence-electron chi connectivity index (χ0n) is 11.7. The van der Waals surface area contributed by atoms with E-state index in [-0.39, 0.29) is 0 Å². The summed E-state index contributed by atoms with van der Waals surface area (Å²) in [7, 11) is 0. The maximum Gasteiger partial charge on any atom is 0.0429 e. The lowest BCUT2D eigenvalue weighted by atomic mass is 10.1.